The van der Waals surface area contributed by atoms with E-state index in [1.54, 1.807) is 11.3 Å². The van der Waals surface area contributed by atoms with Gasteiger partial charge in [0, 0.05) is 23.5 Å². The number of thiazole rings is 1. The molecule has 1 aromatic rings. The first kappa shape index (κ1) is 10.6. The quantitative estimate of drug-likeness (QED) is 0.768. The van der Waals surface area contributed by atoms with E-state index in [1.807, 2.05) is 13.1 Å². The summed E-state index contributed by atoms with van der Waals surface area (Å²) in [6, 6.07) is 2.36. The summed E-state index contributed by atoms with van der Waals surface area (Å²) in [6.45, 7) is 5.14. The maximum atomic E-state index is 8.79. The maximum Gasteiger partial charge on any atom is 0.0897 e. The molecule has 0 atom stereocenters. The number of nitrogens with zero attached hydrogens (tertiary/aromatic N) is 3. The molecule has 0 bridgehead atoms. The second-order valence-electron chi connectivity index (χ2n) is 4.03. The Morgan fingerprint density at radius 1 is 1.60 bits per heavy atom. The average molecular weight is 221 g/mol. The van der Waals surface area contributed by atoms with Crippen molar-refractivity contribution >= 4 is 11.3 Å². The topological polar surface area (TPSA) is 39.9 Å². The molecule has 1 fully saturated rings. The first-order valence-electron chi connectivity index (χ1n) is 5.31. The maximum absolute atomic E-state index is 8.79. The molecule has 2 rings (SSSR count). The van der Waals surface area contributed by atoms with Crippen LogP contribution in [-0.2, 0) is 6.54 Å². The van der Waals surface area contributed by atoms with Crippen molar-refractivity contribution in [3.63, 3.8) is 0 Å². The highest BCUT2D eigenvalue weighted by Crippen LogP contribution is 2.20. The lowest BCUT2D eigenvalue weighted by molar-refractivity contribution is 0.199. The molecule has 4 heteroatoms. The van der Waals surface area contributed by atoms with Gasteiger partial charge in [-0.25, -0.2) is 4.98 Å². The van der Waals surface area contributed by atoms with Crippen LogP contribution in [0.3, 0.4) is 0 Å². The van der Waals surface area contributed by atoms with E-state index in [-0.39, 0.29) is 5.92 Å². The second kappa shape index (κ2) is 4.73. The van der Waals surface area contributed by atoms with Gasteiger partial charge in [-0.2, -0.15) is 5.26 Å². The number of aryl methyl sites for hydroxylation is 1. The Bertz CT molecular complexity index is 358. The van der Waals surface area contributed by atoms with Gasteiger partial charge in [0.2, 0.25) is 0 Å². The summed E-state index contributed by atoms with van der Waals surface area (Å²) in [5.41, 5.74) is 0. The number of aromatic nitrogens is 1. The first-order chi connectivity index (χ1) is 7.28. The monoisotopic (exact) mass is 221 g/mol. The molecular weight excluding hydrogens is 206 g/mol. The van der Waals surface area contributed by atoms with E-state index >= 15 is 0 Å². The summed E-state index contributed by atoms with van der Waals surface area (Å²) in [5, 5.41) is 9.93. The third-order valence-corrected chi connectivity index (χ3v) is 3.72. The van der Waals surface area contributed by atoms with Gasteiger partial charge in [0.1, 0.15) is 0 Å². The summed E-state index contributed by atoms with van der Waals surface area (Å²) in [5.74, 6) is 0.282. The van der Waals surface area contributed by atoms with Gasteiger partial charge in [0.15, 0.2) is 0 Å². The van der Waals surface area contributed by atoms with Gasteiger partial charge in [-0.05, 0) is 32.9 Å². The standard InChI is InChI=1S/C11H15N3S/c1-9-13-7-11(15-9)8-14-4-2-10(6-12)3-5-14/h7,10H,2-5,8H2,1H3. The van der Waals surface area contributed by atoms with Gasteiger partial charge in [-0.3, -0.25) is 4.90 Å². The van der Waals surface area contributed by atoms with E-state index in [9.17, 15) is 0 Å². The Kier molecular flexibility index (Phi) is 3.34. The van der Waals surface area contributed by atoms with Gasteiger partial charge < -0.3 is 0 Å². The van der Waals surface area contributed by atoms with Crippen molar-refractivity contribution in [2.75, 3.05) is 13.1 Å². The normalized spacial score (nSPS) is 18.9. The molecule has 3 nitrogen and oxygen atoms in total. The second-order valence-corrected chi connectivity index (χ2v) is 5.34. The highest BCUT2D eigenvalue weighted by Gasteiger charge is 2.18. The Morgan fingerprint density at radius 3 is 2.87 bits per heavy atom. The molecule has 0 N–H and O–H groups in total. The lowest BCUT2D eigenvalue weighted by atomic mass is 9.99. The number of piperidine rings is 1. The third kappa shape index (κ3) is 2.77. The smallest absolute Gasteiger partial charge is 0.0897 e. The Labute approximate surface area is 94.4 Å². The van der Waals surface area contributed by atoms with Crippen LogP contribution in [0.4, 0.5) is 0 Å². The van der Waals surface area contributed by atoms with Crippen molar-refractivity contribution in [2.45, 2.75) is 26.3 Å². The lowest BCUT2D eigenvalue weighted by Crippen LogP contribution is -2.32. The third-order valence-electron chi connectivity index (χ3n) is 2.82. The summed E-state index contributed by atoms with van der Waals surface area (Å²) < 4.78 is 0. The van der Waals surface area contributed by atoms with Crippen molar-refractivity contribution < 1.29 is 0 Å². The molecule has 1 aromatic heterocycles. The molecule has 1 aliphatic heterocycles. The molecule has 1 aliphatic rings. The van der Waals surface area contributed by atoms with Gasteiger partial charge in [-0.15, -0.1) is 11.3 Å². The van der Waals surface area contributed by atoms with Crippen LogP contribution in [0.5, 0.6) is 0 Å². The van der Waals surface area contributed by atoms with E-state index in [0.29, 0.717) is 0 Å². The van der Waals surface area contributed by atoms with Crippen LogP contribution in [-0.4, -0.2) is 23.0 Å². The van der Waals surface area contributed by atoms with Crippen LogP contribution in [0.15, 0.2) is 6.20 Å². The van der Waals surface area contributed by atoms with Crippen LogP contribution in [0, 0.1) is 24.2 Å². The zero-order valence-corrected chi connectivity index (χ0v) is 9.76. The first-order valence-corrected chi connectivity index (χ1v) is 6.13. The van der Waals surface area contributed by atoms with Crippen molar-refractivity contribution in [1.82, 2.24) is 9.88 Å². The van der Waals surface area contributed by atoms with E-state index in [2.05, 4.69) is 16.0 Å². The summed E-state index contributed by atoms with van der Waals surface area (Å²) in [4.78, 5) is 8.01. The lowest BCUT2D eigenvalue weighted by Gasteiger charge is -2.28. The summed E-state index contributed by atoms with van der Waals surface area (Å²) >= 11 is 1.77. The number of hydrogen-bond acceptors (Lipinski definition) is 4. The average Bonchev–Trinajstić information content (AvgIpc) is 2.65. The Balaban J connectivity index is 1.85. The molecule has 15 heavy (non-hydrogen) atoms. The van der Waals surface area contributed by atoms with Crippen LogP contribution in [0.2, 0.25) is 0 Å². The van der Waals surface area contributed by atoms with E-state index in [4.69, 9.17) is 5.26 Å². The van der Waals surface area contributed by atoms with Crippen molar-refractivity contribution in [2.24, 2.45) is 5.92 Å². The molecule has 0 spiro atoms. The summed E-state index contributed by atoms with van der Waals surface area (Å²) in [7, 11) is 0. The Hall–Kier alpha value is -0.920. The molecule has 0 radical (unpaired) electrons. The highest BCUT2D eigenvalue weighted by molar-refractivity contribution is 7.11. The molecule has 0 unspecified atom stereocenters. The van der Waals surface area contributed by atoms with Crippen molar-refractivity contribution in [3.05, 3.63) is 16.1 Å². The zero-order chi connectivity index (χ0) is 10.7. The molecule has 0 saturated carbocycles. The minimum atomic E-state index is 0.282. The number of nitriles is 1. The van der Waals surface area contributed by atoms with Gasteiger partial charge in [-0.1, -0.05) is 0 Å². The number of likely N-dealkylation sites (tertiary alicyclic amines) is 1. The minimum absolute atomic E-state index is 0.282. The van der Waals surface area contributed by atoms with E-state index in [1.165, 1.54) is 4.88 Å². The Morgan fingerprint density at radius 2 is 2.33 bits per heavy atom. The molecule has 2 heterocycles. The van der Waals surface area contributed by atoms with E-state index in [0.717, 1.165) is 37.5 Å². The van der Waals surface area contributed by atoms with Crippen LogP contribution < -0.4 is 0 Å². The molecule has 80 valence electrons. The predicted octanol–water partition coefficient (Wildman–Crippen LogP) is 2.19. The largest absolute Gasteiger partial charge is 0.298 e. The summed E-state index contributed by atoms with van der Waals surface area (Å²) in [6.07, 6.45) is 4.01. The fraction of sp³-hybridized carbons (Fsp3) is 0.636. The number of rotatable bonds is 2. The van der Waals surface area contributed by atoms with Crippen LogP contribution in [0.25, 0.3) is 0 Å². The van der Waals surface area contributed by atoms with Crippen LogP contribution >= 0.6 is 11.3 Å². The molecule has 0 aliphatic carbocycles. The number of hydrogen-bond donors (Lipinski definition) is 0. The predicted molar refractivity (Wildman–Crippen MR) is 60.5 cm³/mol. The zero-order valence-electron chi connectivity index (χ0n) is 8.94. The molecule has 0 aromatic carbocycles. The van der Waals surface area contributed by atoms with Crippen molar-refractivity contribution in [3.8, 4) is 6.07 Å². The van der Waals surface area contributed by atoms with E-state index < -0.39 is 0 Å². The molecule has 0 amide bonds. The minimum Gasteiger partial charge on any atom is -0.298 e. The van der Waals surface area contributed by atoms with Gasteiger partial charge in [0.05, 0.1) is 11.1 Å². The van der Waals surface area contributed by atoms with Gasteiger partial charge in [0.25, 0.3) is 0 Å². The van der Waals surface area contributed by atoms with Crippen molar-refractivity contribution in [1.29, 1.82) is 5.26 Å². The van der Waals surface area contributed by atoms with Crippen LogP contribution in [0.1, 0.15) is 22.7 Å². The molecule has 1 saturated heterocycles. The molecular formula is C11H15N3S. The fourth-order valence-corrected chi connectivity index (χ4v) is 2.76. The fourth-order valence-electron chi connectivity index (χ4n) is 1.92. The van der Waals surface area contributed by atoms with Gasteiger partial charge >= 0.3 is 0 Å². The SMILES string of the molecule is Cc1ncc(CN2CCC(C#N)CC2)s1. The highest BCUT2D eigenvalue weighted by atomic mass is 32.1.